The number of nitrogens with one attached hydrogen (secondary N) is 1. The van der Waals surface area contributed by atoms with Crippen LogP contribution >= 0.6 is 0 Å². The van der Waals surface area contributed by atoms with Gasteiger partial charge in [0.2, 0.25) is 11.8 Å². The Morgan fingerprint density at radius 3 is 2.20 bits per heavy atom. The summed E-state index contributed by atoms with van der Waals surface area (Å²) in [5, 5.41) is 2.87. The summed E-state index contributed by atoms with van der Waals surface area (Å²) in [6.45, 7) is 7.84. The van der Waals surface area contributed by atoms with Crippen LogP contribution in [-0.4, -0.2) is 34.3 Å². The van der Waals surface area contributed by atoms with Crippen molar-refractivity contribution in [1.82, 2.24) is 10.2 Å². The molecule has 20 heavy (non-hydrogen) atoms. The molecule has 4 nitrogen and oxygen atoms in total. The summed E-state index contributed by atoms with van der Waals surface area (Å²) in [7, 11) is 0. The average molecular weight is 280 g/mol. The van der Waals surface area contributed by atoms with Gasteiger partial charge in [-0.05, 0) is 51.9 Å². The number of amides is 2. The molecule has 0 aromatic rings. The zero-order valence-corrected chi connectivity index (χ0v) is 13.2. The molecule has 1 heterocycles. The SMILES string of the molecule is CCC1CCC(N2C(=O)C(C)(C)NC(=O)C2CC)CC1. The highest BCUT2D eigenvalue weighted by Gasteiger charge is 2.47. The van der Waals surface area contributed by atoms with Gasteiger partial charge in [0.1, 0.15) is 11.6 Å². The molecule has 0 bridgehead atoms. The van der Waals surface area contributed by atoms with E-state index in [4.69, 9.17) is 0 Å². The fraction of sp³-hybridized carbons (Fsp3) is 0.875. The Labute approximate surface area is 122 Å². The van der Waals surface area contributed by atoms with E-state index in [1.165, 1.54) is 19.3 Å². The second kappa shape index (κ2) is 5.74. The highest BCUT2D eigenvalue weighted by molar-refractivity contribution is 5.99. The van der Waals surface area contributed by atoms with E-state index in [9.17, 15) is 9.59 Å². The zero-order valence-electron chi connectivity index (χ0n) is 13.2. The number of carbonyl (C=O) groups is 2. The summed E-state index contributed by atoms with van der Waals surface area (Å²) in [5.41, 5.74) is -0.760. The first kappa shape index (κ1) is 15.3. The van der Waals surface area contributed by atoms with Gasteiger partial charge in [-0.2, -0.15) is 0 Å². The van der Waals surface area contributed by atoms with E-state index in [1.54, 1.807) is 0 Å². The zero-order chi connectivity index (χ0) is 14.9. The molecule has 1 saturated heterocycles. The molecule has 0 radical (unpaired) electrons. The van der Waals surface area contributed by atoms with Gasteiger partial charge in [0, 0.05) is 6.04 Å². The highest BCUT2D eigenvalue weighted by Crippen LogP contribution is 2.33. The van der Waals surface area contributed by atoms with Crippen LogP contribution in [0.3, 0.4) is 0 Å². The fourth-order valence-corrected chi connectivity index (χ4v) is 3.67. The van der Waals surface area contributed by atoms with Crippen LogP contribution < -0.4 is 5.32 Å². The summed E-state index contributed by atoms with van der Waals surface area (Å²) >= 11 is 0. The summed E-state index contributed by atoms with van der Waals surface area (Å²) in [6.07, 6.45) is 6.38. The van der Waals surface area contributed by atoms with E-state index >= 15 is 0 Å². The van der Waals surface area contributed by atoms with E-state index < -0.39 is 5.54 Å². The van der Waals surface area contributed by atoms with Crippen LogP contribution in [0.15, 0.2) is 0 Å². The molecule has 0 aromatic heterocycles. The third kappa shape index (κ3) is 2.70. The van der Waals surface area contributed by atoms with Crippen molar-refractivity contribution in [2.75, 3.05) is 0 Å². The van der Waals surface area contributed by atoms with E-state index in [2.05, 4.69) is 12.2 Å². The van der Waals surface area contributed by atoms with E-state index in [0.29, 0.717) is 6.42 Å². The number of nitrogens with zero attached hydrogens (tertiary/aromatic N) is 1. The van der Waals surface area contributed by atoms with Crippen LogP contribution in [0.25, 0.3) is 0 Å². The molecule has 0 aromatic carbocycles. The molecule has 0 spiro atoms. The minimum Gasteiger partial charge on any atom is -0.340 e. The smallest absolute Gasteiger partial charge is 0.248 e. The normalized spacial score (nSPS) is 34.0. The van der Waals surface area contributed by atoms with Crippen LogP contribution in [0, 0.1) is 5.92 Å². The lowest BCUT2D eigenvalue weighted by atomic mass is 9.82. The average Bonchev–Trinajstić information content (AvgIpc) is 2.42. The number of hydrogen-bond acceptors (Lipinski definition) is 2. The molecule has 2 aliphatic rings. The van der Waals surface area contributed by atoms with Gasteiger partial charge < -0.3 is 10.2 Å². The van der Waals surface area contributed by atoms with Gasteiger partial charge in [0.05, 0.1) is 0 Å². The number of piperazine rings is 1. The minimum atomic E-state index is -0.760. The Morgan fingerprint density at radius 1 is 1.10 bits per heavy atom. The summed E-state index contributed by atoms with van der Waals surface area (Å²) in [5.74, 6) is 0.895. The molecule has 2 rings (SSSR count). The van der Waals surface area contributed by atoms with Crippen molar-refractivity contribution in [2.24, 2.45) is 5.92 Å². The van der Waals surface area contributed by atoms with Gasteiger partial charge in [0.25, 0.3) is 0 Å². The Kier molecular flexibility index (Phi) is 4.40. The van der Waals surface area contributed by atoms with Gasteiger partial charge in [-0.15, -0.1) is 0 Å². The number of rotatable bonds is 3. The Hall–Kier alpha value is -1.06. The van der Waals surface area contributed by atoms with Crippen molar-refractivity contribution in [1.29, 1.82) is 0 Å². The van der Waals surface area contributed by atoms with Crippen molar-refractivity contribution < 1.29 is 9.59 Å². The van der Waals surface area contributed by atoms with Crippen molar-refractivity contribution in [2.45, 2.75) is 83.8 Å². The molecule has 2 fully saturated rings. The van der Waals surface area contributed by atoms with E-state index in [1.807, 2.05) is 25.7 Å². The molecule has 1 saturated carbocycles. The van der Waals surface area contributed by atoms with Crippen LogP contribution in [0.4, 0.5) is 0 Å². The molecule has 2 amide bonds. The van der Waals surface area contributed by atoms with Crippen LogP contribution in [0.5, 0.6) is 0 Å². The van der Waals surface area contributed by atoms with Crippen LogP contribution in [0.1, 0.15) is 66.2 Å². The maximum atomic E-state index is 12.7. The molecule has 1 N–H and O–H groups in total. The van der Waals surface area contributed by atoms with Gasteiger partial charge in [0.15, 0.2) is 0 Å². The predicted octanol–water partition coefficient (Wildman–Crippen LogP) is 2.47. The quantitative estimate of drug-likeness (QED) is 0.863. The second-order valence-corrected chi connectivity index (χ2v) is 6.83. The predicted molar refractivity (Wildman–Crippen MR) is 79.2 cm³/mol. The molecule has 1 atom stereocenters. The second-order valence-electron chi connectivity index (χ2n) is 6.83. The van der Waals surface area contributed by atoms with E-state index in [0.717, 1.165) is 18.8 Å². The van der Waals surface area contributed by atoms with Gasteiger partial charge in [-0.3, -0.25) is 9.59 Å². The van der Waals surface area contributed by atoms with Crippen molar-refractivity contribution in [3.8, 4) is 0 Å². The Bertz CT molecular complexity index is 384. The lowest BCUT2D eigenvalue weighted by Gasteiger charge is -2.48. The Morgan fingerprint density at radius 2 is 1.70 bits per heavy atom. The first-order valence-electron chi connectivity index (χ1n) is 8.05. The summed E-state index contributed by atoms with van der Waals surface area (Å²) < 4.78 is 0. The molecule has 114 valence electrons. The maximum Gasteiger partial charge on any atom is 0.248 e. The maximum absolute atomic E-state index is 12.7. The van der Waals surface area contributed by atoms with Crippen LogP contribution in [0.2, 0.25) is 0 Å². The van der Waals surface area contributed by atoms with Gasteiger partial charge >= 0.3 is 0 Å². The Balaban J connectivity index is 2.17. The standard InChI is InChI=1S/C16H28N2O2/c1-5-11-7-9-12(10-8-11)18-13(6-2)14(19)17-16(3,4)15(18)20/h11-13H,5-10H2,1-4H3,(H,17,19). The first-order chi connectivity index (χ1) is 9.40. The number of carbonyl (C=O) groups excluding carboxylic acids is 2. The molecular weight excluding hydrogens is 252 g/mol. The largest absolute Gasteiger partial charge is 0.340 e. The van der Waals surface area contributed by atoms with Crippen LogP contribution in [-0.2, 0) is 9.59 Å². The van der Waals surface area contributed by atoms with Crippen molar-refractivity contribution in [3.05, 3.63) is 0 Å². The minimum absolute atomic E-state index is 0.00900. The summed E-state index contributed by atoms with van der Waals surface area (Å²) in [4.78, 5) is 26.9. The molecule has 4 heteroatoms. The van der Waals surface area contributed by atoms with E-state index in [-0.39, 0.29) is 23.9 Å². The molecule has 1 aliphatic heterocycles. The monoisotopic (exact) mass is 280 g/mol. The molecule has 1 aliphatic carbocycles. The fourth-order valence-electron chi connectivity index (χ4n) is 3.67. The molecular formula is C16H28N2O2. The van der Waals surface area contributed by atoms with Crippen molar-refractivity contribution in [3.63, 3.8) is 0 Å². The molecule has 1 unspecified atom stereocenters. The highest BCUT2D eigenvalue weighted by atomic mass is 16.2. The van der Waals surface area contributed by atoms with Gasteiger partial charge in [-0.25, -0.2) is 0 Å². The lowest BCUT2D eigenvalue weighted by molar-refractivity contribution is -0.157. The van der Waals surface area contributed by atoms with Crippen molar-refractivity contribution >= 4 is 11.8 Å². The summed E-state index contributed by atoms with van der Waals surface area (Å²) in [6, 6.07) is -0.0284. The first-order valence-corrected chi connectivity index (χ1v) is 8.05. The topological polar surface area (TPSA) is 49.4 Å². The third-order valence-electron chi connectivity index (χ3n) is 5.02. The lowest BCUT2D eigenvalue weighted by Crippen LogP contribution is -2.70. The third-order valence-corrected chi connectivity index (χ3v) is 5.02. The van der Waals surface area contributed by atoms with Gasteiger partial charge in [-0.1, -0.05) is 20.3 Å². The number of hydrogen-bond donors (Lipinski definition) is 1.